The lowest BCUT2D eigenvalue weighted by molar-refractivity contribution is -0.0989. The van der Waals surface area contributed by atoms with Crippen LogP contribution in [0.15, 0.2) is 10.9 Å². The number of methoxy groups -OCH3 is 2. The largest absolute Gasteiger partial charge is 0.355 e. The smallest absolute Gasteiger partial charge is 0.169 e. The molecule has 0 fully saturated rings. The lowest BCUT2D eigenvalue weighted by atomic mass is 10.5. The maximum Gasteiger partial charge on any atom is 0.169 e. The van der Waals surface area contributed by atoms with E-state index in [0.29, 0.717) is 6.54 Å². The van der Waals surface area contributed by atoms with Crippen molar-refractivity contribution in [3.63, 3.8) is 0 Å². The molecule has 13 heavy (non-hydrogen) atoms. The summed E-state index contributed by atoms with van der Waals surface area (Å²) in [5.74, 6) is 0. The van der Waals surface area contributed by atoms with Crippen molar-refractivity contribution in [3.8, 4) is 0 Å². The van der Waals surface area contributed by atoms with Crippen LogP contribution in [-0.2, 0) is 16.0 Å². The molecular weight excluding hydrogens is 188 g/mol. The third-order valence-corrected chi connectivity index (χ3v) is 2.26. The summed E-state index contributed by atoms with van der Waals surface area (Å²) < 4.78 is 10.0. The molecule has 5 heteroatoms. The number of hydrogen-bond donors (Lipinski definition) is 1. The Labute approximate surface area is 81.9 Å². The van der Waals surface area contributed by atoms with Crippen LogP contribution in [-0.4, -0.2) is 32.0 Å². The highest BCUT2D eigenvalue weighted by molar-refractivity contribution is 7.07. The Morgan fingerprint density at radius 2 is 2.31 bits per heavy atom. The number of hydrogen-bond acceptors (Lipinski definition) is 5. The molecule has 0 radical (unpaired) electrons. The monoisotopic (exact) mass is 202 g/mol. The Morgan fingerprint density at radius 3 is 2.85 bits per heavy atom. The van der Waals surface area contributed by atoms with Crippen molar-refractivity contribution in [2.75, 3.05) is 20.8 Å². The van der Waals surface area contributed by atoms with Crippen LogP contribution >= 0.6 is 11.3 Å². The van der Waals surface area contributed by atoms with Gasteiger partial charge in [0.15, 0.2) is 6.29 Å². The van der Waals surface area contributed by atoms with Gasteiger partial charge >= 0.3 is 0 Å². The molecule has 1 rings (SSSR count). The van der Waals surface area contributed by atoms with Gasteiger partial charge in [-0.25, -0.2) is 4.98 Å². The molecule has 0 amide bonds. The van der Waals surface area contributed by atoms with E-state index >= 15 is 0 Å². The van der Waals surface area contributed by atoms with E-state index in [1.807, 2.05) is 10.9 Å². The van der Waals surface area contributed by atoms with E-state index in [-0.39, 0.29) is 6.29 Å². The second-order valence-corrected chi connectivity index (χ2v) is 3.23. The second kappa shape index (κ2) is 6.04. The van der Waals surface area contributed by atoms with Gasteiger partial charge in [-0.3, -0.25) is 0 Å². The van der Waals surface area contributed by atoms with Crippen LogP contribution in [0.4, 0.5) is 0 Å². The van der Waals surface area contributed by atoms with Gasteiger partial charge in [-0.05, 0) is 0 Å². The summed E-state index contributed by atoms with van der Waals surface area (Å²) in [6.45, 7) is 1.43. The van der Waals surface area contributed by atoms with Crippen LogP contribution in [0.2, 0.25) is 0 Å². The molecule has 0 aliphatic rings. The molecular formula is C8H14N2O2S. The molecule has 74 valence electrons. The van der Waals surface area contributed by atoms with Crippen molar-refractivity contribution in [3.05, 3.63) is 16.6 Å². The van der Waals surface area contributed by atoms with Crippen molar-refractivity contribution in [1.82, 2.24) is 10.3 Å². The molecule has 0 aromatic carbocycles. The quantitative estimate of drug-likeness (QED) is 0.695. The van der Waals surface area contributed by atoms with Crippen LogP contribution in [0, 0.1) is 0 Å². The highest BCUT2D eigenvalue weighted by Crippen LogP contribution is 1.99. The van der Waals surface area contributed by atoms with Crippen LogP contribution in [0.25, 0.3) is 0 Å². The van der Waals surface area contributed by atoms with E-state index < -0.39 is 0 Å². The van der Waals surface area contributed by atoms with Crippen LogP contribution in [0.5, 0.6) is 0 Å². The number of rotatable bonds is 6. The summed E-state index contributed by atoms with van der Waals surface area (Å²) in [4.78, 5) is 4.14. The summed E-state index contributed by atoms with van der Waals surface area (Å²) in [5, 5.41) is 5.20. The zero-order valence-electron chi connectivity index (χ0n) is 7.82. The first-order chi connectivity index (χ1) is 6.36. The Morgan fingerprint density at radius 1 is 1.54 bits per heavy atom. The fraction of sp³-hybridized carbons (Fsp3) is 0.625. The molecule has 0 atom stereocenters. The number of aromatic nitrogens is 1. The first kappa shape index (κ1) is 10.6. The molecule has 0 unspecified atom stereocenters. The van der Waals surface area contributed by atoms with Gasteiger partial charge in [0.25, 0.3) is 0 Å². The predicted octanol–water partition coefficient (Wildman–Crippen LogP) is 0.852. The van der Waals surface area contributed by atoms with Gasteiger partial charge in [-0.15, -0.1) is 11.3 Å². The normalized spacial score (nSPS) is 11.0. The number of nitrogens with zero attached hydrogens (tertiary/aromatic N) is 1. The minimum Gasteiger partial charge on any atom is -0.355 e. The molecule has 1 aromatic heterocycles. The van der Waals surface area contributed by atoms with Crippen molar-refractivity contribution in [2.24, 2.45) is 0 Å². The summed E-state index contributed by atoms with van der Waals surface area (Å²) in [5.41, 5.74) is 2.87. The van der Waals surface area contributed by atoms with E-state index in [1.54, 1.807) is 25.6 Å². The minimum absolute atomic E-state index is 0.182. The van der Waals surface area contributed by atoms with Crippen molar-refractivity contribution < 1.29 is 9.47 Å². The average molecular weight is 202 g/mol. The third kappa shape index (κ3) is 3.82. The third-order valence-electron chi connectivity index (χ3n) is 1.63. The van der Waals surface area contributed by atoms with Gasteiger partial charge in [0, 0.05) is 32.7 Å². The Hall–Kier alpha value is -0.490. The molecule has 0 spiro atoms. The lowest BCUT2D eigenvalue weighted by Gasteiger charge is -2.13. The summed E-state index contributed by atoms with van der Waals surface area (Å²) in [7, 11) is 3.25. The highest BCUT2D eigenvalue weighted by Gasteiger charge is 2.03. The zero-order valence-corrected chi connectivity index (χ0v) is 8.63. The van der Waals surface area contributed by atoms with E-state index in [4.69, 9.17) is 9.47 Å². The zero-order chi connectivity index (χ0) is 9.52. The molecule has 1 aromatic rings. The van der Waals surface area contributed by atoms with E-state index in [2.05, 4.69) is 10.3 Å². The lowest BCUT2D eigenvalue weighted by Crippen LogP contribution is -2.29. The molecule has 0 aliphatic heterocycles. The van der Waals surface area contributed by atoms with Crippen LogP contribution < -0.4 is 5.32 Å². The molecule has 1 N–H and O–H groups in total. The van der Waals surface area contributed by atoms with Crippen molar-refractivity contribution >= 4 is 11.3 Å². The average Bonchev–Trinajstić information content (AvgIpc) is 2.65. The fourth-order valence-electron chi connectivity index (χ4n) is 0.906. The molecule has 0 aliphatic carbocycles. The van der Waals surface area contributed by atoms with Gasteiger partial charge in [-0.2, -0.15) is 0 Å². The predicted molar refractivity (Wildman–Crippen MR) is 51.6 cm³/mol. The first-order valence-corrected chi connectivity index (χ1v) is 4.94. The van der Waals surface area contributed by atoms with Gasteiger partial charge in [0.1, 0.15) is 0 Å². The van der Waals surface area contributed by atoms with E-state index in [0.717, 1.165) is 12.2 Å². The SMILES string of the molecule is COC(CNCc1cscn1)OC. The Balaban J connectivity index is 2.13. The number of ether oxygens (including phenoxy) is 2. The van der Waals surface area contributed by atoms with E-state index in [1.165, 1.54) is 0 Å². The maximum absolute atomic E-state index is 5.02. The number of thiazole rings is 1. The molecule has 0 saturated heterocycles. The van der Waals surface area contributed by atoms with E-state index in [9.17, 15) is 0 Å². The van der Waals surface area contributed by atoms with Crippen molar-refractivity contribution in [2.45, 2.75) is 12.8 Å². The van der Waals surface area contributed by atoms with Gasteiger partial charge in [-0.1, -0.05) is 0 Å². The Bertz CT molecular complexity index is 212. The fourth-order valence-corrected chi connectivity index (χ4v) is 1.46. The maximum atomic E-state index is 5.02. The molecule has 0 saturated carbocycles. The van der Waals surface area contributed by atoms with Crippen molar-refractivity contribution in [1.29, 1.82) is 0 Å². The Kier molecular flexibility index (Phi) is 4.92. The highest BCUT2D eigenvalue weighted by atomic mass is 32.1. The van der Waals surface area contributed by atoms with Crippen LogP contribution in [0.1, 0.15) is 5.69 Å². The molecule has 4 nitrogen and oxygen atoms in total. The molecule has 1 heterocycles. The summed E-state index contributed by atoms with van der Waals surface area (Å²) in [6, 6.07) is 0. The molecule has 0 bridgehead atoms. The van der Waals surface area contributed by atoms with Crippen LogP contribution in [0.3, 0.4) is 0 Å². The second-order valence-electron chi connectivity index (χ2n) is 2.51. The summed E-state index contributed by atoms with van der Waals surface area (Å²) in [6.07, 6.45) is -0.182. The van der Waals surface area contributed by atoms with Gasteiger partial charge < -0.3 is 14.8 Å². The summed E-state index contributed by atoms with van der Waals surface area (Å²) >= 11 is 1.60. The minimum atomic E-state index is -0.182. The topological polar surface area (TPSA) is 43.4 Å². The standard InChI is InChI=1S/C8H14N2O2S/c1-11-8(12-2)4-9-3-7-5-13-6-10-7/h5-6,8-9H,3-4H2,1-2H3. The van der Waals surface area contributed by atoms with Gasteiger partial charge in [0.05, 0.1) is 11.2 Å². The van der Waals surface area contributed by atoms with Gasteiger partial charge in [0.2, 0.25) is 0 Å². The first-order valence-electron chi connectivity index (χ1n) is 4.00. The number of nitrogens with one attached hydrogen (secondary N) is 1.